The topological polar surface area (TPSA) is 102 Å². The molecule has 0 amide bonds. The molecule has 5 fully saturated rings. The second-order valence-corrected chi connectivity index (χ2v) is 13.7. The van der Waals surface area contributed by atoms with Crippen LogP contribution >= 0.6 is 11.6 Å². The molecule has 3 aromatic rings. The molecule has 5 saturated heterocycles. The highest BCUT2D eigenvalue weighted by Gasteiger charge is 2.50. The number of alkyl halides is 4. The van der Waals surface area contributed by atoms with Gasteiger partial charge in [-0.15, -0.1) is 0 Å². The molecule has 6 aliphatic heterocycles. The highest BCUT2D eigenvalue weighted by atomic mass is 35.5. The number of nitrogens with zero attached hydrogens (tertiary/aromatic N) is 5. The summed E-state index contributed by atoms with van der Waals surface area (Å²) in [5.74, 6) is -0.850. The minimum Gasteiger partial charge on any atom is -0.489 e. The molecule has 15 heteroatoms. The maximum atomic E-state index is 16.9. The second-order valence-electron chi connectivity index (χ2n) is 13.3. The average molecular weight is 666 g/mol. The van der Waals surface area contributed by atoms with E-state index >= 15 is 4.39 Å². The Morgan fingerprint density at radius 1 is 1.22 bits per heavy atom. The number of piperidine rings is 1. The molecule has 6 aliphatic rings. The summed E-state index contributed by atoms with van der Waals surface area (Å²) >= 11 is 6.83. The predicted molar refractivity (Wildman–Crippen MR) is 162 cm³/mol. The number of nitrogens with one attached hydrogen (secondary N) is 1. The van der Waals surface area contributed by atoms with E-state index < -0.39 is 40.5 Å². The summed E-state index contributed by atoms with van der Waals surface area (Å²) in [6, 6.07) is 0.904. The lowest BCUT2D eigenvalue weighted by molar-refractivity contribution is -0.137. The average Bonchev–Trinajstić information content (AvgIpc) is 3.30. The SMILES string of the molecule is Cc1cc(N)nc(-c2c(Cl)c3c4c(nc(OC[C@@]56CCCN5C[C@H](F)C6)nc4c2F)N2CC4CC[C@H](CN4)[C@H]2CO3)c1C(F)(F)F. The van der Waals surface area contributed by atoms with E-state index in [9.17, 15) is 17.6 Å². The van der Waals surface area contributed by atoms with E-state index in [1.165, 1.54) is 6.92 Å². The fourth-order valence-corrected chi connectivity index (χ4v) is 8.74. The molecule has 0 saturated carbocycles. The van der Waals surface area contributed by atoms with Gasteiger partial charge in [-0.25, -0.2) is 13.8 Å². The minimum absolute atomic E-state index is 0.0156. The van der Waals surface area contributed by atoms with Crippen LogP contribution in [0.3, 0.4) is 0 Å². The zero-order chi connectivity index (χ0) is 32.1. The van der Waals surface area contributed by atoms with E-state index in [-0.39, 0.29) is 70.3 Å². The lowest BCUT2D eigenvalue weighted by Gasteiger charge is -2.33. The number of ether oxygens (including phenoxy) is 2. The Bertz CT molecular complexity index is 1740. The first-order valence-corrected chi connectivity index (χ1v) is 16.0. The van der Waals surface area contributed by atoms with Crippen LogP contribution in [0.4, 0.5) is 33.6 Å². The second kappa shape index (κ2) is 10.6. The standard InChI is InChI=1S/C31H33ClF5N7O2/c1-14-7-19(38)40-25(22(14)31(35,36)37)20-23(32)27-21-26(24(20)34)41-29(46-13-30-5-2-6-43(30)10-16(33)8-30)42-28(21)44-11-17-4-3-15(9-39-17)18(44)12-45-27/h7,15-18,39H,2-6,8-13H2,1H3,(H2,38,40)/t15-,16-,17?,18-,30+/m1/s1. The number of anilines is 2. The van der Waals surface area contributed by atoms with Crippen molar-refractivity contribution in [3.8, 4) is 23.0 Å². The Morgan fingerprint density at radius 3 is 2.80 bits per heavy atom. The van der Waals surface area contributed by atoms with Gasteiger partial charge in [-0.3, -0.25) is 4.90 Å². The fourth-order valence-electron chi connectivity index (χ4n) is 8.42. The highest BCUT2D eigenvalue weighted by molar-refractivity contribution is 6.36. The van der Waals surface area contributed by atoms with Gasteiger partial charge in [-0.05, 0) is 56.7 Å². The number of hydrogen-bond donors (Lipinski definition) is 2. The first-order valence-electron chi connectivity index (χ1n) is 15.7. The van der Waals surface area contributed by atoms with E-state index in [0.29, 0.717) is 25.3 Å². The molecule has 8 heterocycles. The zero-order valence-electron chi connectivity index (χ0n) is 25.1. The van der Waals surface area contributed by atoms with Crippen molar-refractivity contribution in [1.29, 1.82) is 0 Å². The number of aromatic nitrogens is 3. The Hall–Kier alpha value is -3.23. The molecule has 0 aliphatic carbocycles. The van der Waals surface area contributed by atoms with Gasteiger partial charge in [-0.2, -0.15) is 23.1 Å². The fraction of sp³-hybridized carbons (Fsp3) is 0.581. The third-order valence-corrected chi connectivity index (χ3v) is 10.9. The molecule has 246 valence electrons. The van der Waals surface area contributed by atoms with E-state index in [4.69, 9.17) is 31.8 Å². The Kier molecular flexibility index (Phi) is 6.97. The number of halogens is 6. The van der Waals surface area contributed by atoms with Crippen LogP contribution < -0.4 is 25.4 Å². The van der Waals surface area contributed by atoms with Crippen LogP contribution in [-0.4, -0.2) is 83.0 Å². The molecule has 2 aromatic heterocycles. The van der Waals surface area contributed by atoms with Crippen LogP contribution in [-0.2, 0) is 6.18 Å². The van der Waals surface area contributed by atoms with Crippen molar-refractivity contribution < 1.29 is 31.4 Å². The van der Waals surface area contributed by atoms with E-state index in [0.717, 1.165) is 44.8 Å². The van der Waals surface area contributed by atoms with E-state index in [2.05, 4.69) is 25.1 Å². The van der Waals surface area contributed by atoms with Crippen molar-refractivity contribution in [3.05, 3.63) is 28.0 Å². The van der Waals surface area contributed by atoms with Crippen molar-refractivity contribution >= 4 is 34.1 Å². The molecule has 9 nitrogen and oxygen atoms in total. The summed E-state index contributed by atoms with van der Waals surface area (Å²) in [6.07, 6.45) is -2.04. The van der Waals surface area contributed by atoms with Crippen LogP contribution in [0.25, 0.3) is 22.2 Å². The van der Waals surface area contributed by atoms with Gasteiger partial charge in [0.1, 0.15) is 36.5 Å². The zero-order valence-corrected chi connectivity index (χ0v) is 25.8. The smallest absolute Gasteiger partial charge is 0.418 e. The Morgan fingerprint density at radius 2 is 2.04 bits per heavy atom. The van der Waals surface area contributed by atoms with Crippen LogP contribution in [0.15, 0.2) is 6.07 Å². The van der Waals surface area contributed by atoms with Gasteiger partial charge >= 0.3 is 12.2 Å². The summed E-state index contributed by atoms with van der Waals surface area (Å²) in [6.45, 7) is 3.85. The molecule has 9 rings (SSSR count). The van der Waals surface area contributed by atoms with Gasteiger partial charge in [0.25, 0.3) is 0 Å². The first-order chi connectivity index (χ1) is 21.9. The molecule has 3 N–H and O–H groups in total. The molecule has 1 aromatic carbocycles. The highest BCUT2D eigenvalue weighted by Crippen LogP contribution is 2.51. The quantitative estimate of drug-likeness (QED) is 0.360. The van der Waals surface area contributed by atoms with Gasteiger partial charge in [-0.1, -0.05) is 11.6 Å². The molecule has 0 spiro atoms. The van der Waals surface area contributed by atoms with Gasteiger partial charge < -0.3 is 25.4 Å². The number of nitrogen functional groups attached to an aromatic ring is 1. The predicted octanol–water partition coefficient (Wildman–Crippen LogP) is 5.30. The maximum Gasteiger partial charge on any atom is 0.418 e. The Balaban J connectivity index is 1.34. The minimum atomic E-state index is -4.89. The van der Waals surface area contributed by atoms with Crippen LogP contribution in [0, 0.1) is 18.7 Å². The van der Waals surface area contributed by atoms with Crippen LogP contribution in [0.2, 0.25) is 5.02 Å². The number of nitrogens with two attached hydrogens (primary N) is 1. The van der Waals surface area contributed by atoms with Crippen LogP contribution in [0.1, 0.15) is 43.2 Å². The van der Waals surface area contributed by atoms with Crippen molar-refractivity contribution in [1.82, 2.24) is 25.2 Å². The third-order valence-electron chi connectivity index (χ3n) is 10.5. The third kappa shape index (κ3) is 4.65. The molecule has 0 radical (unpaired) electrons. The summed E-state index contributed by atoms with van der Waals surface area (Å²) in [4.78, 5) is 17.4. The molecule has 2 bridgehead atoms. The monoisotopic (exact) mass is 665 g/mol. The molecule has 46 heavy (non-hydrogen) atoms. The largest absolute Gasteiger partial charge is 0.489 e. The van der Waals surface area contributed by atoms with E-state index in [1.807, 2.05) is 0 Å². The Labute approximate surface area is 266 Å². The van der Waals surface area contributed by atoms with Crippen molar-refractivity contribution in [2.24, 2.45) is 5.92 Å². The molecule has 1 unspecified atom stereocenters. The van der Waals surface area contributed by atoms with Crippen LogP contribution in [0.5, 0.6) is 11.8 Å². The van der Waals surface area contributed by atoms with Gasteiger partial charge in [0.2, 0.25) is 0 Å². The number of fused-ring (bicyclic) bond motifs is 3. The van der Waals surface area contributed by atoms with Crippen molar-refractivity contribution in [2.45, 2.75) is 69.0 Å². The number of rotatable bonds is 4. The lowest BCUT2D eigenvalue weighted by Crippen LogP contribution is -2.44. The summed E-state index contributed by atoms with van der Waals surface area (Å²) in [5, 5.41) is 3.35. The number of pyridine rings is 1. The number of benzene rings is 1. The summed E-state index contributed by atoms with van der Waals surface area (Å²) in [5.41, 5.74) is 2.31. The molecular weight excluding hydrogens is 633 g/mol. The summed E-state index contributed by atoms with van der Waals surface area (Å²) in [7, 11) is 0. The molecular formula is C31H33ClF5N7O2. The van der Waals surface area contributed by atoms with Crippen molar-refractivity contribution in [3.63, 3.8) is 0 Å². The molecule has 5 atom stereocenters. The van der Waals surface area contributed by atoms with Gasteiger partial charge in [0, 0.05) is 32.1 Å². The summed E-state index contributed by atoms with van der Waals surface area (Å²) < 4.78 is 87.2. The number of hydrogen-bond acceptors (Lipinski definition) is 9. The van der Waals surface area contributed by atoms with Gasteiger partial charge in [0.05, 0.1) is 38.8 Å². The van der Waals surface area contributed by atoms with Crippen molar-refractivity contribution in [2.75, 3.05) is 50.0 Å². The normalized spacial score (nSPS) is 29.0. The number of aryl methyl sites for hydroxylation is 1. The van der Waals surface area contributed by atoms with Gasteiger partial charge in [0.15, 0.2) is 11.6 Å². The lowest BCUT2D eigenvalue weighted by atomic mass is 9.91. The van der Waals surface area contributed by atoms with E-state index in [1.54, 1.807) is 0 Å². The maximum absolute atomic E-state index is 16.9. The first kappa shape index (κ1) is 30.1.